The smallest absolute Gasteiger partial charge is 0.163 e. The van der Waals surface area contributed by atoms with E-state index in [1.165, 1.54) is 6.07 Å². The van der Waals surface area contributed by atoms with Gasteiger partial charge in [-0.2, -0.15) is 0 Å². The maximum absolute atomic E-state index is 14.0. The monoisotopic (exact) mass is 350 g/mol. The van der Waals surface area contributed by atoms with E-state index in [0.717, 1.165) is 5.52 Å². The molecule has 2 aromatic carbocycles. The summed E-state index contributed by atoms with van der Waals surface area (Å²) in [5.74, 6) is 1.27. The summed E-state index contributed by atoms with van der Waals surface area (Å²) in [4.78, 5) is 7.53. The molecule has 21 heavy (non-hydrogen) atoms. The van der Waals surface area contributed by atoms with Gasteiger partial charge < -0.3 is 14.5 Å². The number of halogens is 2. The van der Waals surface area contributed by atoms with E-state index in [2.05, 4.69) is 25.9 Å². The van der Waals surface area contributed by atoms with Crippen LogP contribution < -0.4 is 9.47 Å². The lowest BCUT2D eigenvalue weighted by atomic mass is 10.2. The highest BCUT2D eigenvalue weighted by Crippen LogP contribution is 2.34. The van der Waals surface area contributed by atoms with Crippen LogP contribution in [0.2, 0.25) is 0 Å². The highest BCUT2D eigenvalue weighted by molar-refractivity contribution is 9.10. The Kier molecular flexibility index (Phi) is 3.55. The van der Waals surface area contributed by atoms with Crippen LogP contribution in [0.3, 0.4) is 0 Å². The maximum atomic E-state index is 14.0. The molecule has 1 N–H and O–H groups in total. The van der Waals surface area contributed by atoms with Gasteiger partial charge >= 0.3 is 0 Å². The third kappa shape index (κ3) is 2.35. The van der Waals surface area contributed by atoms with Crippen LogP contribution in [-0.2, 0) is 0 Å². The summed E-state index contributed by atoms with van der Waals surface area (Å²) < 4.78 is 25.2. The van der Waals surface area contributed by atoms with Crippen molar-refractivity contribution in [2.75, 3.05) is 14.2 Å². The molecule has 0 amide bonds. The molecule has 1 aromatic heterocycles. The molecule has 3 aromatic rings. The number of H-pyrrole nitrogens is 1. The Morgan fingerprint density at radius 1 is 1.14 bits per heavy atom. The SMILES string of the molecule is COc1cc2nc(-c3c(F)cccc3Br)[nH]c2cc1OC. The number of fused-ring (bicyclic) bond motifs is 1. The van der Waals surface area contributed by atoms with Gasteiger partial charge in [-0.1, -0.05) is 6.07 Å². The van der Waals surface area contributed by atoms with Crippen molar-refractivity contribution in [2.24, 2.45) is 0 Å². The van der Waals surface area contributed by atoms with Crippen LogP contribution in [0.5, 0.6) is 11.5 Å². The number of hydrogen-bond donors (Lipinski definition) is 1. The zero-order valence-electron chi connectivity index (χ0n) is 11.4. The molecule has 1 heterocycles. The van der Waals surface area contributed by atoms with Gasteiger partial charge in [0.15, 0.2) is 11.5 Å². The minimum atomic E-state index is -0.345. The zero-order valence-corrected chi connectivity index (χ0v) is 13.0. The quantitative estimate of drug-likeness (QED) is 0.771. The van der Waals surface area contributed by atoms with Crippen molar-refractivity contribution >= 4 is 27.0 Å². The van der Waals surface area contributed by atoms with Crippen molar-refractivity contribution in [1.82, 2.24) is 9.97 Å². The lowest BCUT2D eigenvalue weighted by Crippen LogP contribution is -1.89. The first-order chi connectivity index (χ1) is 10.1. The zero-order chi connectivity index (χ0) is 15.0. The Hall–Kier alpha value is -2.08. The molecule has 0 atom stereocenters. The number of aromatic amines is 1. The molecule has 0 spiro atoms. The van der Waals surface area contributed by atoms with Crippen LogP contribution >= 0.6 is 15.9 Å². The van der Waals surface area contributed by atoms with Gasteiger partial charge in [0.05, 0.1) is 30.8 Å². The highest BCUT2D eigenvalue weighted by Gasteiger charge is 2.15. The lowest BCUT2D eigenvalue weighted by Gasteiger charge is -2.06. The predicted octanol–water partition coefficient (Wildman–Crippen LogP) is 4.15. The molecule has 0 saturated heterocycles. The summed E-state index contributed by atoms with van der Waals surface area (Å²) >= 11 is 3.35. The van der Waals surface area contributed by atoms with Crippen molar-refractivity contribution in [3.8, 4) is 22.9 Å². The Labute approximate surface area is 129 Å². The summed E-state index contributed by atoms with van der Waals surface area (Å²) in [5.41, 5.74) is 1.82. The van der Waals surface area contributed by atoms with Crippen molar-refractivity contribution in [3.63, 3.8) is 0 Å². The van der Waals surface area contributed by atoms with Crippen LogP contribution in [0.25, 0.3) is 22.4 Å². The predicted molar refractivity (Wildman–Crippen MR) is 82.3 cm³/mol. The van der Waals surface area contributed by atoms with E-state index in [0.29, 0.717) is 32.9 Å². The van der Waals surface area contributed by atoms with Crippen molar-refractivity contribution in [3.05, 3.63) is 40.6 Å². The third-order valence-corrected chi connectivity index (χ3v) is 3.85. The minimum absolute atomic E-state index is 0.345. The number of ether oxygens (including phenoxy) is 2. The molecule has 3 rings (SSSR count). The first kappa shape index (κ1) is 13.9. The second-order valence-corrected chi connectivity index (χ2v) is 5.26. The molecule has 0 radical (unpaired) electrons. The van der Waals surface area contributed by atoms with Gasteiger partial charge in [-0.25, -0.2) is 9.37 Å². The molecule has 0 aliphatic carbocycles. The first-order valence-corrected chi connectivity index (χ1v) is 6.99. The first-order valence-electron chi connectivity index (χ1n) is 6.20. The molecule has 0 bridgehead atoms. The van der Waals surface area contributed by atoms with Crippen LogP contribution in [0.1, 0.15) is 0 Å². The highest BCUT2D eigenvalue weighted by atomic mass is 79.9. The summed E-state index contributed by atoms with van der Waals surface area (Å²) in [6.07, 6.45) is 0. The van der Waals surface area contributed by atoms with Gasteiger partial charge in [0.2, 0.25) is 0 Å². The molecule has 0 fully saturated rings. The second kappa shape index (κ2) is 5.37. The van der Waals surface area contributed by atoms with Gasteiger partial charge in [-0.15, -0.1) is 0 Å². The molecular formula is C15H12BrFN2O2. The normalized spacial score (nSPS) is 10.9. The lowest BCUT2D eigenvalue weighted by molar-refractivity contribution is 0.356. The van der Waals surface area contributed by atoms with Gasteiger partial charge in [0.25, 0.3) is 0 Å². The number of nitrogens with zero attached hydrogens (tertiary/aromatic N) is 1. The van der Waals surface area contributed by atoms with E-state index in [4.69, 9.17) is 9.47 Å². The average molecular weight is 351 g/mol. The van der Waals surface area contributed by atoms with E-state index in [9.17, 15) is 4.39 Å². The summed E-state index contributed by atoms with van der Waals surface area (Å²) in [6.45, 7) is 0. The number of nitrogens with one attached hydrogen (secondary N) is 1. The Morgan fingerprint density at radius 2 is 1.86 bits per heavy atom. The van der Waals surface area contributed by atoms with E-state index in [1.54, 1.807) is 38.5 Å². The number of methoxy groups -OCH3 is 2. The van der Waals surface area contributed by atoms with Crippen LogP contribution in [0.4, 0.5) is 4.39 Å². The molecule has 0 unspecified atom stereocenters. The van der Waals surface area contributed by atoms with Crippen LogP contribution in [-0.4, -0.2) is 24.2 Å². The van der Waals surface area contributed by atoms with Crippen molar-refractivity contribution < 1.29 is 13.9 Å². The number of benzene rings is 2. The van der Waals surface area contributed by atoms with Crippen LogP contribution in [0, 0.1) is 5.82 Å². The average Bonchev–Trinajstić information content (AvgIpc) is 2.87. The maximum Gasteiger partial charge on any atom is 0.163 e. The molecule has 0 aliphatic heterocycles. The van der Waals surface area contributed by atoms with Gasteiger partial charge in [0.1, 0.15) is 11.6 Å². The topological polar surface area (TPSA) is 47.1 Å². The fourth-order valence-corrected chi connectivity index (χ4v) is 2.71. The minimum Gasteiger partial charge on any atom is -0.493 e. The summed E-state index contributed by atoms with van der Waals surface area (Å²) in [5, 5.41) is 0. The Bertz CT molecular complexity index is 756. The number of aromatic nitrogens is 2. The van der Waals surface area contributed by atoms with E-state index < -0.39 is 0 Å². The second-order valence-electron chi connectivity index (χ2n) is 4.41. The number of rotatable bonds is 3. The van der Waals surface area contributed by atoms with Crippen LogP contribution in [0.15, 0.2) is 34.8 Å². The Morgan fingerprint density at radius 3 is 2.52 bits per heavy atom. The third-order valence-electron chi connectivity index (χ3n) is 3.19. The molecule has 4 nitrogen and oxygen atoms in total. The van der Waals surface area contributed by atoms with E-state index in [-0.39, 0.29) is 5.82 Å². The van der Waals surface area contributed by atoms with E-state index >= 15 is 0 Å². The van der Waals surface area contributed by atoms with Gasteiger partial charge in [0, 0.05) is 16.6 Å². The number of hydrogen-bond acceptors (Lipinski definition) is 3. The van der Waals surface area contributed by atoms with Crippen molar-refractivity contribution in [1.29, 1.82) is 0 Å². The fraction of sp³-hybridized carbons (Fsp3) is 0.133. The van der Waals surface area contributed by atoms with Gasteiger partial charge in [-0.05, 0) is 28.1 Å². The molecule has 0 aliphatic rings. The summed E-state index contributed by atoms with van der Waals surface area (Å²) in [6, 6.07) is 8.33. The largest absolute Gasteiger partial charge is 0.493 e. The molecule has 0 saturated carbocycles. The molecule has 6 heteroatoms. The Balaban J connectivity index is 2.22. The standard InChI is InChI=1S/C15H12BrFN2O2/c1-20-12-6-10-11(7-13(12)21-2)19-15(18-10)14-8(16)4-3-5-9(14)17/h3-7H,1-2H3,(H,18,19). The van der Waals surface area contributed by atoms with Crippen molar-refractivity contribution in [2.45, 2.75) is 0 Å². The molecule has 108 valence electrons. The number of imidazole rings is 1. The molecular weight excluding hydrogens is 339 g/mol. The fourth-order valence-electron chi connectivity index (χ4n) is 2.18. The van der Waals surface area contributed by atoms with Gasteiger partial charge in [-0.3, -0.25) is 0 Å². The van der Waals surface area contributed by atoms with E-state index in [1.807, 2.05) is 0 Å². The summed E-state index contributed by atoms with van der Waals surface area (Å²) in [7, 11) is 3.12.